The molecule has 0 spiro atoms. The summed E-state index contributed by atoms with van der Waals surface area (Å²) in [5, 5.41) is 13.4. The number of nitro groups is 1. The maximum atomic E-state index is 12.2. The Bertz CT molecular complexity index is 463. The molecule has 0 aromatic heterocycles. The molecule has 0 N–H and O–H groups in total. The van der Waals surface area contributed by atoms with Crippen LogP contribution in [0.4, 0.5) is 0 Å². The van der Waals surface area contributed by atoms with Crippen LogP contribution < -0.4 is 0 Å². The van der Waals surface area contributed by atoms with Crippen molar-refractivity contribution in [2.24, 2.45) is 11.0 Å². The zero-order valence-electron chi connectivity index (χ0n) is 12.1. The van der Waals surface area contributed by atoms with Gasteiger partial charge in [0.25, 0.3) is 5.96 Å². The Kier molecular flexibility index (Phi) is 4.34. The van der Waals surface area contributed by atoms with Gasteiger partial charge in [-0.1, -0.05) is 0 Å². The lowest BCUT2D eigenvalue weighted by Crippen LogP contribution is -2.36. The van der Waals surface area contributed by atoms with Crippen LogP contribution in [0.3, 0.4) is 0 Å². The van der Waals surface area contributed by atoms with Gasteiger partial charge in [0.1, 0.15) is 5.10 Å². The first-order chi connectivity index (χ1) is 9.27. The van der Waals surface area contributed by atoms with Gasteiger partial charge in [0.2, 0.25) is 0 Å². The van der Waals surface area contributed by atoms with E-state index in [1.165, 1.54) is 0 Å². The molecule has 0 bridgehead atoms. The molecule has 114 valence electrons. The molecule has 2 rings (SSSR count). The SMILES string of the molecule is CC1CC(CN2CCN(P(C)(C)=O)C2=N[N+](=O)[O-])CO1. The maximum Gasteiger partial charge on any atom is 0.279 e. The molecule has 2 heterocycles. The topological polar surface area (TPSA) is 88.3 Å². The Morgan fingerprint density at radius 2 is 2.20 bits per heavy atom. The van der Waals surface area contributed by atoms with Gasteiger partial charge in [-0.05, 0) is 13.3 Å². The summed E-state index contributed by atoms with van der Waals surface area (Å²) in [5.41, 5.74) is 0. The number of hydrogen-bond acceptors (Lipinski definition) is 4. The van der Waals surface area contributed by atoms with Crippen molar-refractivity contribution in [3.8, 4) is 0 Å². The smallest absolute Gasteiger partial charge is 0.279 e. The van der Waals surface area contributed by atoms with Crippen molar-refractivity contribution in [3.05, 3.63) is 10.1 Å². The van der Waals surface area contributed by atoms with Gasteiger partial charge in [-0.2, -0.15) is 0 Å². The molecule has 8 nitrogen and oxygen atoms in total. The highest BCUT2D eigenvalue weighted by Gasteiger charge is 2.38. The first kappa shape index (κ1) is 15.3. The number of nitrogens with zero attached hydrogens (tertiary/aromatic N) is 4. The van der Waals surface area contributed by atoms with E-state index in [9.17, 15) is 14.7 Å². The number of hydrazone groups is 1. The fourth-order valence-corrected chi connectivity index (χ4v) is 3.91. The number of guanidine groups is 1. The molecule has 0 saturated carbocycles. The van der Waals surface area contributed by atoms with E-state index in [-0.39, 0.29) is 12.1 Å². The van der Waals surface area contributed by atoms with Gasteiger partial charge in [0.05, 0.1) is 12.7 Å². The summed E-state index contributed by atoms with van der Waals surface area (Å²) in [4.78, 5) is 12.6. The zero-order valence-corrected chi connectivity index (χ0v) is 13.0. The van der Waals surface area contributed by atoms with Crippen LogP contribution in [0.5, 0.6) is 0 Å². The van der Waals surface area contributed by atoms with Crippen molar-refractivity contribution < 1.29 is 14.3 Å². The standard InChI is InChI=1S/C11H21N4O4P/c1-9-6-10(8-19-9)7-13-4-5-14(20(2,3)18)11(13)12-15(16)17/h9-10H,4-8H2,1-3H3. The average Bonchev–Trinajstić information content (AvgIpc) is 2.86. The van der Waals surface area contributed by atoms with E-state index >= 15 is 0 Å². The number of hydrogen-bond donors (Lipinski definition) is 0. The molecule has 0 aromatic carbocycles. The van der Waals surface area contributed by atoms with E-state index in [4.69, 9.17) is 4.74 Å². The summed E-state index contributed by atoms with van der Waals surface area (Å²) in [6, 6.07) is 0. The van der Waals surface area contributed by atoms with E-state index in [2.05, 4.69) is 5.10 Å². The van der Waals surface area contributed by atoms with Gasteiger partial charge in [-0.3, -0.25) is 4.67 Å². The molecule has 0 aliphatic carbocycles. The number of ether oxygens (including phenoxy) is 1. The average molecular weight is 304 g/mol. The second-order valence-corrected chi connectivity index (χ2v) is 8.82. The monoisotopic (exact) mass is 304 g/mol. The molecule has 2 unspecified atom stereocenters. The van der Waals surface area contributed by atoms with Crippen LogP contribution >= 0.6 is 7.29 Å². The third-order valence-electron chi connectivity index (χ3n) is 3.61. The second-order valence-electron chi connectivity index (χ2n) is 5.75. The lowest BCUT2D eigenvalue weighted by molar-refractivity contribution is -0.486. The Hall–Kier alpha value is -1.14. The summed E-state index contributed by atoms with van der Waals surface area (Å²) in [6.07, 6.45) is 1.18. The van der Waals surface area contributed by atoms with E-state index in [1.54, 1.807) is 18.0 Å². The van der Waals surface area contributed by atoms with Crippen LogP contribution in [0.2, 0.25) is 0 Å². The lowest BCUT2D eigenvalue weighted by atomic mass is 10.1. The summed E-state index contributed by atoms with van der Waals surface area (Å²) < 4.78 is 19.3. The minimum absolute atomic E-state index is 0.225. The Morgan fingerprint density at radius 3 is 2.70 bits per heavy atom. The quantitative estimate of drug-likeness (QED) is 0.439. The zero-order chi connectivity index (χ0) is 14.9. The Morgan fingerprint density at radius 1 is 1.50 bits per heavy atom. The minimum Gasteiger partial charge on any atom is -0.378 e. The van der Waals surface area contributed by atoms with E-state index < -0.39 is 12.3 Å². The second kappa shape index (κ2) is 5.69. The Balaban J connectivity index is 2.12. The molecule has 2 saturated heterocycles. The minimum atomic E-state index is -2.59. The van der Waals surface area contributed by atoms with Crippen molar-refractivity contribution in [1.82, 2.24) is 9.57 Å². The van der Waals surface area contributed by atoms with Gasteiger partial charge in [0.15, 0.2) is 12.3 Å². The summed E-state index contributed by atoms with van der Waals surface area (Å²) in [5.74, 6) is 0.567. The molecule has 0 aromatic rings. The van der Waals surface area contributed by atoms with Gasteiger partial charge in [-0.15, -0.1) is 0 Å². The predicted octanol–water partition coefficient (Wildman–Crippen LogP) is 1.11. The first-order valence-corrected chi connectivity index (χ1v) is 9.25. The molecule has 2 aliphatic rings. The lowest BCUT2D eigenvalue weighted by Gasteiger charge is -2.25. The van der Waals surface area contributed by atoms with Crippen molar-refractivity contribution in [2.45, 2.75) is 19.4 Å². The fraction of sp³-hybridized carbons (Fsp3) is 0.909. The van der Waals surface area contributed by atoms with Crippen LogP contribution in [0.25, 0.3) is 0 Å². The third kappa shape index (κ3) is 3.49. The van der Waals surface area contributed by atoms with Crippen LogP contribution in [0.15, 0.2) is 5.10 Å². The van der Waals surface area contributed by atoms with Gasteiger partial charge in [0, 0.05) is 38.9 Å². The fourth-order valence-electron chi connectivity index (χ4n) is 2.74. The van der Waals surface area contributed by atoms with Crippen LogP contribution in [-0.4, -0.2) is 66.2 Å². The van der Waals surface area contributed by atoms with E-state index in [0.29, 0.717) is 32.2 Å². The highest BCUT2D eigenvalue weighted by atomic mass is 31.2. The van der Waals surface area contributed by atoms with E-state index in [1.807, 2.05) is 11.8 Å². The molecule has 9 heteroatoms. The molecular formula is C11H21N4O4P. The molecule has 0 amide bonds. The van der Waals surface area contributed by atoms with Crippen LogP contribution in [-0.2, 0) is 9.30 Å². The third-order valence-corrected chi connectivity index (χ3v) is 5.15. The number of rotatable bonds is 4. The highest BCUT2D eigenvalue weighted by Crippen LogP contribution is 2.43. The maximum absolute atomic E-state index is 12.2. The first-order valence-electron chi connectivity index (χ1n) is 6.70. The largest absolute Gasteiger partial charge is 0.378 e. The molecular weight excluding hydrogens is 283 g/mol. The van der Waals surface area contributed by atoms with Crippen molar-refractivity contribution >= 4 is 13.3 Å². The predicted molar refractivity (Wildman–Crippen MR) is 75.7 cm³/mol. The summed E-state index contributed by atoms with van der Waals surface area (Å²) in [6.45, 7) is 7.68. The van der Waals surface area contributed by atoms with E-state index in [0.717, 1.165) is 6.42 Å². The normalized spacial score (nSPS) is 29.4. The van der Waals surface area contributed by atoms with Gasteiger partial charge in [-0.25, -0.2) is 10.1 Å². The van der Waals surface area contributed by atoms with Crippen LogP contribution in [0, 0.1) is 16.0 Å². The van der Waals surface area contributed by atoms with Gasteiger partial charge >= 0.3 is 0 Å². The van der Waals surface area contributed by atoms with Crippen molar-refractivity contribution in [3.63, 3.8) is 0 Å². The van der Waals surface area contributed by atoms with Gasteiger partial charge < -0.3 is 14.2 Å². The molecule has 2 fully saturated rings. The highest BCUT2D eigenvalue weighted by molar-refractivity contribution is 7.60. The Labute approximate surface area is 118 Å². The van der Waals surface area contributed by atoms with Crippen molar-refractivity contribution in [2.75, 3.05) is 39.6 Å². The van der Waals surface area contributed by atoms with Crippen molar-refractivity contribution in [1.29, 1.82) is 0 Å². The summed E-state index contributed by atoms with van der Waals surface area (Å²) >= 11 is 0. The van der Waals surface area contributed by atoms with Crippen LogP contribution in [0.1, 0.15) is 13.3 Å². The summed E-state index contributed by atoms with van der Waals surface area (Å²) in [7, 11) is -2.59. The molecule has 0 radical (unpaired) electrons. The molecule has 20 heavy (non-hydrogen) atoms. The molecule has 2 aliphatic heterocycles. The molecule has 2 atom stereocenters.